The Kier molecular flexibility index (Phi) is 6.98. The molecule has 0 radical (unpaired) electrons. The molecule has 0 fully saturated rings. The first kappa shape index (κ1) is 23.6. The Balaban J connectivity index is 1.42. The monoisotopic (exact) mass is 480 g/mol. The van der Waals surface area contributed by atoms with Gasteiger partial charge < -0.3 is 10.4 Å². The van der Waals surface area contributed by atoms with E-state index in [9.17, 15) is 9.59 Å². The van der Waals surface area contributed by atoms with Crippen molar-refractivity contribution in [2.24, 2.45) is 0 Å². The summed E-state index contributed by atoms with van der Waals surface area (Å²) in [6.45, 7) is 0. The van der Waals surface area contributed by atoms with Crippen LogP contribution >= 0.6 is 0 Å². The van der Waals surface area contributed by atoms with Crippen LogP contribution in [0.4, 0.5) is 0 Å². The van der Waals surface area contributed by atoms with Crippen molar-refractivity contribution in [3.8, 4) is 11.3 Å². The van der Waals surface area contributed by atoms with Crippen LogP contribution in [0.1, 0.15) is 65.5 Å². The molecular weight excluding hydrogens is 452 g/mol. The number of aliphatic carboxylic acids is 1. The number of carbonyl (C=O) groups is 2. The van der Waals surface area contributed by atoms with Crippen LogP contribution in [0, 0.1) is 0 Å². The highest BCUT2D eigenvalue weighted by Gasteiger charge is 2.23. The van der Waals surface area contributed by atoms with Crippen molar-refractivity contribution in [3.05, 3.63) is 89.4 Å². The fourth-order valence-corrected chi connectivity index (χ4v) is 4.80. The summed E-state index contributed by atoms with van der Waals surface area (Å²) >= 11 is 0. The predicted octanol–water partition coefficient (Wildman–Crippen LogP) is 5.30. The second-order valence-corrected chi connectivity index (χ2v) is 9.15. The van der Waals surface area contributed by atoms with Crippen LogP contribution in [0.3, 0.4) is 0 Å². The number of aryl methyl sites for hydroxylation is 2. The lowest BCUT2D eigenvalue weighted by Crippen LogP contribution is -2.31. The molecule has 1 aliphatic rings. The summed E-state index contributed by atoms with van der Waals surface area (Å²) in [5, 5.41) is 12.1. The van der Waals surface area contributed by atoms with Gasteiger partial charge in [-0.3, -0.25) is 14.6 Å². The molecule has 1 unspecified atom stereocenters. The summed E-state index contributed by atoms with van der Waals surface area (Å²) in [5.41, 5.74) is 6.62. The van der Waals surface area contributed by atoms with Gasteiger partial charge in [-0.25, -0.2) is 9.97 Å². The molecule has 4 aromatic rings. The summed E-state index contributed by atoms with van der Waals surface area (Å²) in [4.78, 5) is 38.3. The average Bonchev–Trinajstić information content (AvgIpc) is 2.91. The number of nitrogens with zero attached hydrogens (tertiary/aromatic N) is 3. The van der Waals surface area contributed by atoms with E-state index in [1.807, 2.05) is 48.5 Å². The maximum atomic E-state index is 13.2. The minimum absolute atomic E-state index is 0.0537. The van der Waals surface area contributed by atoms with Gasteiger partial charge in [-0.05, 0) is 68.4 Å². The molecule has 0 spiro atoms. The maximum Gasteiger partial charge on any atom is 0.303 e. The highest BCUT2D eigenvalue weighted by Crippen LogP contribution is 2.29. The van der Waals surface area contributed by atoms with Crippen molar-refractivity contribution in [2.45, 2.75) is 51.0 Å². The van der Waals surface area contributed by atoms with Crippen molar-refractivity contribution in [2.75, 3.05) is 0 Å². The van der Waals surface area contributed by atoms with E-state index in [1.165, 1.54) is 0 Å². The fourth-order valence-electron chi connectivity index (χ4n) is 4.80. The van der Waals surface area contributed by atoms with Crippen LogP contribution in [0.5, 0.6) is 0 Å². The zero-order valence-electron chi connectivity index (χ0n) is 20.0. The number of rotatable bonds is 8. The molecule has 0 saturated heterocycles. The molecule has 7 heteroatoms. The van der Waals surface area contributed by atoms with Gasteiger partial charge in [-0.1, -0.05) is 36.4 Å². The standard InChI is InChI=1S/C29H28N4O3/c34-27(35)14-5-4-11-25-28(19-8-2-1-3-9-19)32-24-16-15-20(18-26(24)31-25)29(36)33-23-13-6-12-22-21(23)10-7-17-30-22/h1-3,7-10,15-18,23H,4-6,11-14H2,(H,33,36)(H,34,35). The average molecular weight is 481 g/mol. The predicted molar refractivity (Wildman–Crippen MR) is 138 cm³/mol. The van der Waals surface area contributed by atoms with Crippen LogP contribution in [-0.4, -0.2) is 31.9 Å². The Morgan fingerprint density at radius 2 is 1.83 bits per heavy atom. The number of nitrogens with one attached hydrogen (secondary N) is 1. The van der Waals surface area contributed by atoms with Crippen molar-refractivity contribution in [1.82, 2.24) is 20.3 Å². The van der Waals surface area contributed by atoms with Crippen LogP contribution in [-0.2, 0) is 17.6 Å². The number of amides is 1. The molecule has 1 amide bonds. The molecule has 2 aromatic heterocycles. The van der Waals surface area contributed by atoms with Crippen LogP contribution in [0.25, 0.3) is 22.3 Å². The molecule has 36 heavy (non-hydrogen) atoms. The Bertz CT molecular complexity index is 1400. The maximum absolute atomic E-state index is 13.2. The van der Waals surface area contributed by atoms with E-state index in [2.05, 4.69) is 10.3 Å². The molecule has 0 saturated carbocycles. The second kappa shape index (κ2) is 10.6. The van der Waals surface area contributed by atoms with Crippen LogP contribution in [0.2, 0.25) is 0 Å². The number of aromatic nitrogens is 3. The number of hydrogen-bond donors (Lipinski definition) is 2. The van der Waals surface area contributed by atoms with Crippen molar-refractivity contribution >= 4 is 22.9 Å². The highest BCUT2D eigenvalue weighted by molar-refractivity contribution is 5.97. The first-order chi connectivity index (χ1) is 17.6. The van der Waals surface area contributed by atoms with Gasteiger partial charge in [0.1, 0.15) is 0 Å². The van der Waals surface area contributed by atoms with Crippen LogP contribution in [0.15, 0.2) is 66.9 Å². The number of carbonyl (C=O) groups excluding carboxylic acids is 1. The number of pyridine rings is 1. The number of unbranched alkanes of at least 4 members (excludes halogenated alkanes) is 1. The van der Waals surface area contributed by atoms with Gasteiger partial charge in [0.2, 0.25) is 0 Å². The van der Waals surface area contributed by atoms with Gasteiger partial charge in [-0.15, -0.1) is 0 Å². The quantitative estimate of drug-likeness (QED) is 0.332. The Labute approximate surface area is 209 Å². The third-order valence-corrected chi connectivity index (χ3v) is 6.61. The highest BCUT2D eigenvalue weighted by atomic mass is 16.4. The summed E-state index contributed by atoms with van der Waals surface area (Å²) < 4.78 is 0. The van der Waals surface area contributed by atoms with Gasteiger partial charge in [0, 0.05) is 29.4 Å². The number of benzene rings is 2. The topological polar surface area (TPSA) is 105 Å². The van der Waals surface area contributed by atoms with E-state index < -0.39 is 5.97 Å². The minimum atomic E-state index is -0.796. The van der Waals surface area contributed by atoms with E-state index in [-0.39, 0.29) is 18.4 Å². The minimum Gasteiger partial charge on any atom is -0.481 e. The smallest absolute Gasteiger partial charge is 0.303 e. The lowest BCUT2D eigenvalue weighted by atomic mass is 9.91. The number of carboxylic acid groups (broad SMARTS) is 1. The Hall–Kier alpha value is -4.13. The zero-order chi connectivity index (χ0) is 24.9. The molecule has 2 aromatic carbocycles. The summed E-state index contributed by atoms with van der Waals surface area (Å²) in [5.74, 6) is -0.939. The van der Waals surface area contributed by atoms with Crippen LogP contribution < -0.4 is 5.32 Å². The molecule has 2 heterocycles. The van der Waals surface area contributed by atoms with E-state index in [0.717, 1.165) is 47.5 Å². The molecular formula is C29H28N4O3. The van der Waals surface area contributed by atoms with Gasteiger partial charge in [-0.2, -0.15) is 0 Å². The van der Waals surface area contributed by atoms with Gasteiger partial charge in [0.25, 0.3) is 5.91 Å². The fraction of sp³-hybridized carbons (Fsp3) is 0.276. The lowest BCUT2D eigenvalue weighted by molar-refractivity contribution is -0.137. The van der Waals surface area contributed by atoms with E-state index in [4.69, 9.17) is 15.1 Å². The molecule has 5 rings (SSSR count). The third-order valence-electron chi connectivity index (χ3n) is 6.61. The van der Waals surface area contributed by atoms with Crippen molar-refractivity contribution in [3.63, 3.8) is 0 Å². The molecule has 7 nitrogen and oxygen atoms in total. The summed E-state index contributed by atoms with van der Waals surface area (Å²) in [6.07, 6.45) is 6.63. The number of fused-ring (bicyclic) bond motifs is 2. The van der Waals surface area contributed by atoms with Gasteiger partial charge in [0.15, 0.2) is 0 Å². The Morgan fingerprint density at radius 3 is 2.67 bits per heavy atom. The second-order valence-electron chi connectivity index (χ2n) is 9.15. The Morgan fingerprint density at radius 1 is 0.972 bits per heavy atom. The molecule has 1 aliphatic carbocycles. The normalized spacial score (nSPS) is 14.8. The SMILES string of the molecule is O=C(O)CCCCc1nc2cc(C(=O)NC3CCCc4ncccc43)ccc2nc1-c1ccccc1. The molecule has 1 atom stereocenters. The zero-order valence-corrected chi connectivity index (χ0v) is 20.0. The lowest BCUT2D eigenvalue weighted by Gasteiger charge is -2.25. The van der Waals surface area contributed by atoms with E-state index in [0.29, 0.717) is 35.9 Å². The van der Waals surface area contributed by atoms with Crippen molar-refractivity contribution < 1.29 is 14.7 Å². The molecule has 0 bridgehead atoms. The van der Waals surface area contributed by atoms with E-state index >= 15 is 0 Å². The van der Waals surface area contributed by atoms with Gasteiger partial charge in [0.05, 0.1) is 28.5 Å². The summed E-state index contributed by atoms with van der Waals surface area (Å²) in [7, 11) is 0. The third kappa shape index (κ3) is 5.25. The van der Waals surface area contributed by atoms with Crippen molar-refractivity contribution in [1.29, 1.82) is 0 Å². The molecule has 2 N–H and O–H groups in total. The number of hydrogen-bond acceptors (Lipinski definition) is 5. The largest absolute Gasteiger partial charge is 0.481 e. The van der Waals surface area contributed by atoms with E-state index in [1.54, 1.807) is 18.3 Å². The summed E-state index contributed by atoms with van der Waals surface area (Å²) in [6, 6.07) is 19.2. The molecule has 0 aliphatic heterocycles. The van der Waals surface area contributed by atoms with Gasteiger partial charge >= 0.3 is 5.97 Å². The number of carboxylic acids is 1. The molecule has 182 valence electrons. The first-order valence-electron chi connectivity index (χ1n) is 12.4. The first-order valence-corrected chi connectivity index (χ1v) is 12.4.